The molecule has 0 saturated heterocycles. The molecule has 82 valence electrons. The van der Waals surface area contributed by atoms with Crippen LogP contribution in [0.5, 0.6) is 5.75 Å². The van der Waals surface area contributed by atoms with Gasteiger partial charge in [0.15, 0.2) is 0 Å². The summed E-state index contributed by atoms with van der Waals surface area (Å²) in [5.74, 6) is 0.648. The summed E-state index contributed by atoms with van der Waals surface area (Å²) in [6, 6.07) is 5.68. The predicted molar refractivity (Wildman–Crippen MR) is 61.4 cm³/mol. The fourth-order valence-corrected chi connectivity index (χ4v) is 1.54. The number of ether oxygens (including phenoxy) is 1. The second-order valence-electron chi connectivity index (χ2n) is 3.14. The molecule has 0 aliphatic carbocycles. The Morgan fingerprint density at radius 1 is 1.33 bits per heavy atom. The lowest BCUT2D eigenvalue weighted by atomic mass is 10.2. The third-order valence-electron chi connectivity index (χ3n) is 2.41. The zero-order valence-electron chi connectivity index (χ0n) is 9.45. The topological polar surface area (TPSA) is 48.7 Å². The van der Waals surface area contributed by atoms with Gasteiger partial charge in [-0.1, -0.05) is 0 Å². The van der Waals surface area contributed by atoms with Gasteiger partial charge in [0.1, 0.15) is 11.4 Å². The van der Waals surface area contributed by atoms with Gasteiger partial charge in [-0.15, -0.1) is 0 Å². The second-order valence-corrected chi connectivity index (χ2v) is 3.14. The van der Waals surface area contributed by atoms with E-state index in [4.69, 9.17) is 10.3 Å². The molecule has 0 aromatic heterocycles. The molecular weight excluding hydrogens is 190 g/mol. The molecule has 1 aromatic carbocycles. The Morgan fingerprint density at radius 3 is 2.47 bits per heavy atom. The van der Waals surface area contributed by atoms with Crippen molar-refractivity contribution < 1.29 is 4.74 Å². The molecule has 0 saturated carbocycles. The Hall–Kier alpha value is -1.58. The summed E-state index contributed by atoms with van der Waals surface area (Å²) in [6.45, 7) is 6.13. The summed E-state index contributed by atoms with van der Waals surface area (Å²) in [4.78, 5) is 2.22. The molecule has 0 bridgehead atoms. The molecule has 1 aromatic rings. The summed E-state index contributed by atoms with van der Waals surface area (Å²) >= 11 is 0. The maximum atomic E-state index is 6.99. The van der Waals surface area contributed by atoms with Crippen LogP contribution in [0, 0.1) is 5.53 Å². The Morgan fingerprint density at radius 2 is 2.00 bits per heavy atom. The molecule has 0 unspecified atom stereocenters. The highest BCUT2D eigenvalue weighted by Crippen LogP contribution is 2.31. The fraction of sp³-hybridized carbons (Fsp3) is 0.455. The van der Waals surface area contributed by atoms with Crippen LogP contribution in [0.4, 0.5) is 11.4 Å². The van der Waals surface area contributed by atoms with Crippen molar-refractivity contribution in [3.8, 4) is 5.75 Å². The largest absolute Gasteiger partial charge is 0.494 e. The first-order valence-electron chi connectivity index (χ1n) is 5.07. The smallest absolute Gasteiger partial charge is 0.148 e. The molecule has 0 spiro atoms. The molecule has 0 amide bonds. The summed E-state index contributed by atoms with van der Waals surface area (Å²) in [7, 11) is 1.59. The molecule has 15 heavy (non-hydrogen) atoms. The van der Waals surface area contributed by atoms with Gasteiger partial charge in [-0.3, -0.25) is 0 Å². The van der Waals surface area contributed by atoms with Crippen molar-refractivity contribution in [3.05, 3.63) is 18.2 Å². The molecule has 4 nitrogen and oxygen atoms in total. The quantitative estimate of drug-likeness (QED) is 0.754. The molecule has 1 rings (SSSR count). The number of benzene rings is 1. The highest BCUT2D eigenvalue weighted by molar-refractivity contribution is 5.61. The van der Waals surface area contributed by atoms with Crippen LogP contribution in [0.1, 0.15) is 13.8 Å². The SMILES string of the molecule is CCN(CC)c1ccc(N=N)c(OC)c1. The van der Waals surface area contributed by atoms with E-state index < -0.39 is 0 Å². The Kier molecular flexibility index (Phi) is 4.09. The highest BCUT2D eigenvalue weighted by atomic mass is 16.5. The molecule has 4 heteroatoms. The van der Waals surface area contributed by atoms with Crippen LogP contribution in [0.15, 0.2) is 23.3 Å². The minimum Gasteiger partial charge on any atom is -0.494 e. The Balaban J connectivity index is 3.06. The van der Waals surface area contributed by atoms with E-state index in [1.807, 2.05) is 12.1 Å². The molecular formula is C11H17N3O. The number of hydrogen-bond donors (Lipinski definition) is 1. The van der Waals surface area contributed by atoms with E-state index in [0.29, 0.717) is 11.4 Å². The van der Waals surface area contributed by atoms with Crippen LogP contribution < -0.4 is 9.64 Å². The molecule has 0 aliphatic heterocycles. The number of methoxy groups -OCH3 is 1. The lowest BCUT2D eigenvalue weighted by molar-refractivity contribution is 0.415. The van der Waals surface area contributed by atoms with Crippen LogP contribution >= 0.6 is 0 Å². The zero-order chi connectivity index (χ0) is 11.3. The van der Waals surface area contributed by atoms with Crippen LogP contribution in [0.25, 0.3) is 0 Å². The molecule has 0 radical (unpaired) electrons. The van der Waals surface area contributed by atoms with Crippen molar-refractivity contribution in [2.24, 2.45) is 5.11 Å². The van der Waals surface area contributed by atoms with Gasteiger partial charge in [0, 0.05) is 24.8 Å². The number of nitrogens with zero attached hydrogens (tertiary/aromatic N) is 2. The van der Waals surface area contributed by atoms with Gasteiger partial charge in [0.05, 0.1) is 7.11 Å². The number of rotatable bonds is 5. The van der Waals surface area contributed by atoms with Gasteiger partial charge in [0.2, 0.25) is 0 Å². The van der Waals surface area contributed by atoms with E-state index in [1.54, 1.807) is 13.2 Å². The second kappa shape index (κ2) is 5.34. The van der Waals surface area contributed by atoms with E-state index >= 15 is 0 Å². The zero-order valence-corrected chi connectivity index (χ0v) is 9.45. The Labute approximate surface area is 90.4 Å². The summed E-state index contributed by atoms with van der Waals surface area (Å²) in [5, 5.41) is 3.40. The molecule has 0 fully saturated rings. The fourth-order valence-electron chi connectivity index (χ4n) is 1.54. The van der Waals surface area contributed by atoms with Crippen molar-refractivity contribution >= 4 is 11.4 Å². The lowest BCUT2D eigenvalue weighted by Gasteiger charge is -2.21. The van der Waals surface area contributed by atoms with E-state index in [2.05, 4.69) is 23.9 Å². The minimum atomic E-state index is 0.563. The number of nitrogens with one attached hydrogen (secondary N) is 1. The van der Waals surface area contributed by atoms with E-state index in [1.165, 1.54) is 0 Å². The standard InChI is InChI=1S/C11H17N3O/c1-4-14(5-2)9-6-7-10(13-12)11(8-9)15-3/h6-8,12H,4-5H2,1-3H3. The first kappa shape index (κ1) is 11.5. The van der Waals surface area contributed by atoms with Gasteiger partial charge in [-0.2, -0.15) is 5.11 Å². The first-order chi connectivity index (χ1) is 7.26. The summed E-state index contributed by atoms with van der Waals surface area (Å²) < 4.78 is 5.18. The van der Waals surface area contributed by atoms with E-state index in [0.717, 1.165) is 18.8 Å². The van der Waals surface area contributed by atoms with Crippen LogP contribution in [0.2, 0.25) is 0 Å². The van der Waals surface area contributed by atoms with Gasteiger partial charge in [-0.25, -0.2) is 5.53 Å². The van der Waals surface area contributed by atoms with Crippen molar-refractivity contribution in [3.63, 3.8) is 0 Å². The van der Waals surface area contributed by atoms with Crippen molar-refractivity contribution in [2.45, 2.75) is 13.8 Å². The monoisotopic (exact) mass is 207 g/mol. The molecule has 1 N–H and O–H groups in total. The summed E-state index contributed by atoms with van der Waals surface area (Å²) in [5.41, 5.74) is 8.65. The predicted octanol–water partition coefficient (Wildman–Crippen LogP) is 3.20. The van der Waals surface area contributed by atoms with E-state index in [-0.39, 0.29) is 0 Å². The Bertz CT molecular complexity index is 335. The lowest BCUT2D eigenvalue weighted by Crippen LogP contribution is -2.21. The van der Waals surface area contributed by atoms with Gasteiger partial charge < -0.3 is 9.64 Å². The van der Waals surface area contributed by atoms with Crippen LogP contribution in [-0.4, -0.2) is 20.2 Å². The van der Waals surface area contributed by atoms with Gasteiger partial charge >= 0.3 is 0 Å². The normalized spacial score (nSPS) is 9.80. The molecule has 0 aliphatic rings. The average molecular weight is 207 g/mol. The molecule has 0 atom stereocenters. The van der Waals surface area contributed by atoms with E-state index in [9.17, 15) is 0 Å². The number of hydrogen-bond acceptors (Lipinski definition) is 4. The van der Waals surface area contributed by atoms with Crippen LogP contribution in [-0.2, 0) is 0 Å². The van der Waals surface area contributed by atoms with Crippen LogP contribution in [0.3, 0.4) is 0 Å². The van der Waals surface area contributed by atoms with Gasteiger partial charge in [0.25, 0.3) is 0 Å². The van der Waals surface area contributed by atoms with Crippen molar-refractivity contribution in [2.75, 3.05) is 25.1 Å². The first-order valence-corrected chi connectivity index (χ1v) is 5.07. The third kappa shape index (κ3) is 2.46. The minimum absolute atomic E-state index is 0.563. The maximum Gasteiger partial charge on any atom is 0.148 e. The molecule has 0 heterocycles. The van der Waals surface area contributed by atoms with Crippen molar-refractivity contribution in [1.29, 1.82) is 5.53 Å². The highest BCUT2D eigenvalue weighted by Gasteiger charge is 2.06. The van der Waals surface area contributed by atoms with Crippen molar-refractivity contribution in [1.82, 2.24) is 0 Å². The number of anilines is 1. The average Bonchev–Trinajstić information content (AvgIpc) is 2.30. The third-order valence-corrected chi connectivity index (χ3v) is 2.41. The summed E-state index contributed by atoms with van der Waals surface area (Å²) in [6.07, 6.45) is 0. The maximum absolute atomic E-state index is 6.99. The van der Waals surface area contributed by atoms with Gasteiger partial charge in [-0.05, 0) is 26.0 Å².